The molecule has 0 radical (unpaired) electrons. The van der Waals surface area contributed by atoms with E-state index in [2.05, 4.69) is 42.0 Å². The van der Waals surface area contributed by atoms with Crippen LogP contribution in [-0.4, -0.2) is 138 Å². The van der Waals surface area contributed by atoms with Crippen LogP contribution >= 0.6 is 0 Å². The molecule has 384 valence electrons. The van der Waals surface area contributed by atoms with Gasteiger partial charge in [-0.25, -0.2) is 0 Å². The van der Waals surface area contributed by atoms with Gasteiger partial charge in [0.05, 0.1) is 37.2 Å². The molecule has 3 aromatic carbocycles. The number of Topliss-reactive ketones (excluding diaryl/α,β-unsaturated/α-hetero) is 1. The van der Waals surface area contributed by atoms with Crippen molar-refractivity contribution in [1.82, 2.24) is 46.9 Å². The number of aromatic nitrogens is 3. The number of carbonyl (C=O) groups excluding carboxylic acids is 6. The fourth-order valence-electron chi connectivity index (χ4n) is 7.79. The zero-order valence-corrected chi connectivity index (χ0v) is 41.7. The van der Waals surface area contributed by atoms with Gasteiger partial charge in [0, 0.05) is 31.3 Å². The van der Waals surface area contributed by atoms with Crippen LogP contribution in [0.15, 0.2) is 96.0 Å². The molecule has 1 aliphatic rings. The standard InChI is InChI=1S/C50H67N9O11S/c1-33(2)25-41(45(61)50(5,66)32-70-71(67,68)39-18-12-17-37(28-39)46(62)51-29-38-30-52-58-57-38)54-49(65)43(27-36-15-10-7-11-16-36)56-48(64)42(26-34(3)4)55-47(63)40(20-19-35-13-8-6-9-14-35)53-44(60)31-59-21-23-69-24-22-59/h6-18,28,30,33-34,40-43,66H,19-27,29,31-32H2,1-5H3,(H,51,62)(H,53,60)(H,54,65)(H,55,63)(H,56,64)(H,52,57,58)/t40-,41-,42-,43-,50?/m0/s1. The van der Waals surface area contributed by atoms with Gasteiger partial charge in [-0.15, -0.1) is 5.10 Å². The van der Waals surface area contributed by atoms with E-state index in [1.54, 1.807) is 44.2 Å². The number of nitrogens with zero attached hydrogens (tertiary/aromatic N) is 3. The van der Waals surface area contributed by atoms with E-state index in [0.717, 1.165) is 18.6 Å². The first-order chi connectivity index (χ1) is 33.8. The Hall–Kier alpha value is -6.39. The molecule has 5 rings (SSSR count). The fraction of sp³-hybridized carbons (Fsp3) is 0.480. The van der Waals surface area contributed by atoms with Gasteiger partial charge < -0.3 is 36.4 Å². The normalized spacial score (nSPS) is 15.7. The highest BCUT2D eigenvalue weighted by Gasteiger charge is 2.40. The van der Waals surface area contributed by atoms with Crippen molar-refractivity contribution in [3.05, 3.63) is 114 Å². The van der Waals surface area contributed by atoms with Crippen LogP contribution < -0.4 is 26.6 Å². The number of morpholine rings is 1. The zero-order chi connectivity index (χ0) is 51.6. The van der Waals surface area contributed by atoms with E-state index in [1.807, 2.05) is 49.1 Å². The van der Waals surface area contributed by atoms with Crippen LogP contribution in [0.3, 0.4) is 0 Å². The monoisotopic (exact) mass is 1000 g/mol. The third kappa shape index (κ3) is 18.1. The second-order valence-corrected chi connectivity index (χ2v) is 20.3. The molecule has 5 amide bonds. The lowest BCUT2D eigenvalue weighted by molar-refractivity contribution is -0.143. The Bertz CT molecular complexity index is 2490. The highest BCUT2D eigenvalue weighted by atomic mass is 32.2. The van der Waals surface area contributed by atoms with Gasteiger partial charge in [0.2, 0.25) is 23.6 Å². The molecule has 0 aliphatic carbocycles. The Morgan fingerprint density at radius 1 is 0.775 bits per heavy atom. The molecular weight excluding hydrogens is 935 g/mol. The van der Waals surface area contributed by atoms with Gasteiger partial charge in [0.15, 0.2) is 5.78 Å². The molecule has 20 nitrogen and oxygen atoms in total. The summed E-state index contributed by atoms with van der Waals surface area (Å²) in [4.78, 5) is 84.8. The van der Waals surface area contributed by atoms with Crippen molar-refractivity contribution in [2.75, 3.05) is 39.5 Å². The number of aliphatic hydroxyl groups is 1. The second kappa shape index (κ2) is 26.7. The minimum Gasteiger partial charge on any atom is -0.380 e. The van der Waals surface area contributed by atoms with Crippen molar-refractivity contribution in [2.45, 2.75) is 108 Å². The van der Waals surface area contributed by atoms with Crippen molar-refractivity contribution < 1.29 is 51.2 Å². The van der Waals surface area contributed by atoms with E-state index < -0.39 is 80.8 Å². The van der Waals surface area contributed by atoms with Gasteiger partial charge in [-0.3, -0.25) is 42.9 Å². The summed E-state index contributed by atoms with van der Waals surface area (Å²) >= 11 is 0. The summed E-state index contributed by atoms with van der Waals surface area (Å²) in [7, 11) is -4.65. The predicted octanol–water partition coefficient (Wildman–Crippen LogP) is 2.00. The van der Waals surface area contributed by atoms with Crippen molar-refractivity contribution in [3.8, 4) is 0 Å². The van der Waals surface area contributed by atoms with Crippen LogP contribution in [0.2, 0.25) is 0 Å². The molecule has 0 bridgehead atoms. The summed E-state index contributed by atoms with van der Waals surface area (Å²) in [6.45, 7) is 9.56. The predicted molar refractivity (Wildman–Crippen MR) is 262 cm³/mol. The average molecular weight is 1000 g/mol. The summed E-state index contributed by atoms with van der Waals surface area (Å²) in [5.41, 5.74) is -0.416. The van der Waals surface area contributed by atoms with Crippen LogP contribution in [0.5, 0.6) is 0 Å². The number of benzene rings is 3. The molecule has 1 aromatic heterocycles. The van der Waals surface area contributed by atoms with Gasteiger partial charge in [0.25, 0.3) is 16.0 Å². The second-order valence-electron chi connectivity index (χ2n) is 18.7. The fourth-order valence-corrected chi connectivity index (χ4v) is 8.83. The molecule has 71 heavy (non-hydrogen) atoms. The minimum atomic E-state index is -4.65. The molecule has 1 saturated heterocycles. The van der Waals surface area contributed by atoms with E-state index >= 15 is 0 Å². The number of carbonyl (C=O) groups is 6. The Morgan fingerprint density at radius 2 is 1.37 bits per heavy atom. The maximum absolute atomic E-state index is 14.4. The summed E-state index contributed by atoms with van der Waals surface area (Å²) < 4.78 is 37.4. The summed E-state index contributed by atoms with van der Waals surface area (Å²) in [5.74, 6) is -4.28. The van der Waals surface area contributed by atoms with E-state index in [4.69, 9.17) is 8.92 Å². The largest absolute Gasteiger partial charge is 0.380 e. The SMILES string of the molecule is CC(C)C[C@H](NC(=O)[C@H](CCc1ccccc1)NC(=O)CN1CCOCC1)C(=O)N[C@@H](Cc1ccccc1)C(=O)N[C@@H](CC(C)C)C(=O)C(C)(O)COS(=O)(=O)c1cccc(C(=O)NCc2c[nH]nn2)c1. The number of H-pyrrole nitrogens is 1. The molecule has 1 fully saturated rings. The third-order valence-electron chi connectivity index (χ3n) is 11.6. The third-order valence-corrected chi connectivity index (χ3v) is 12.9. The van der Waals surface area contributed by atoms with Gasteiger partial charge >= 0.3 is 0 Å². The number of hydrogen-bond donors (Lipinski definition) is 7. The average Bonchev–Trinajstić information content (AvgIpc) is 3.87. The molecule has 4 aromatic rings. The van der Waals surface area contributed by atoms with Crippen molar-refractivity contribution in [1.29, 1.82) is 0 Å². The van der Waals surface area contributed by atoms with Gasteiger partial charge in [-0.1, -0.05) is 99.6 Å². The molecule has 5 atom stereocenters. The molecule has 0 saturated carbocycles. The van der Waals surface area contributed by atoms with Crippen LogP contribution in [-0.2, 0) is 62.4 Å². The topological polar surface area (TPSA) is 280 Å². The highest BCUT2D eigenvalue weighted by Crippen LogP contribution is 2.21. The zero-order valence-electron chi connectivity index (χ0n) is 40.9. The summed E-state index contributed by atoms with van der Waals surface area (Å²) in [6.07, 6.45) is 2.34. The first-order valence-corrected chi connectivity index (χ1v) is 25.2. The molecule has 2 heterocycles. The molecule has 0 spiro atoms. The number of amides is 5. The van der Waals surface area contributed by atoms with Gasteiger partial charge in [0.1, 0.15) is 36.0 Å². The molecule has 1 aliphatic heterocycles. The van der Waals surface area contributed by atoms with E-state index in [1.165, 1.54) is 24.4 Å². The summed E-state index contributed by atoms with van der Waals surface area (Å²) in [6, 6.07) is 18.5. The maximum atomic E-state index is 14.4. The molecule has 21 heteroatoms. The minimum absolute atomic E-state index is 0.0117. The number of nitrogens with one attached hydrogen (secondary N) is 6. The number of ether oxygens (including phenoxy) is 1. The summed E-state index contributed by atoms with van der Waals surface area (Å²) in [5, 5.41) is 35.3. The number of hydrogen-bond acceptors (Lipinski definition) is 14. The lowest BCUT2D eigenvalue weighted by Gasteiger charge is -2.30. The number of aromatic amines is 1. The number of ketones is 1. The Balaban J connectivity index is 1.30. The molecular formula is C50H67N9O11S. The van der Waals surface area contributed by atoms with E-state index in [0.29, 0.717) is 44.0 Å². The Labute approximate surface area is 414 Å². The van der Waals surface area contributed by atoms with Crippen LogP contribution in [0.1, 0.15) is 81.1 Å². The maximum Gasteiger partial charge on any atom is 0.297 e. The van der Waals surface area contributed by atoms with Crippen LogP contribution in [0.4, 0.5) is 0 Å². The number of rotatable bonds is 27. The first kappa shape index (κ1) is 55.5. The Morgan fingerprint density at radius 3 is 2.00 bits per heavy atom. The van der Waals surface area contributed by atoms with E-state index in [9.17, 15) is 42.3 Å². The van der Waals surface area contributed by atoms with E-state index in [-0.39, 0.29) is 62.1 Å². The first-order valence-electron chi connectivity index (χ1n) is 23.8. The van der Waals surface area contributed by atoms with Crippen molar-refractivity contribution in [2.24, 2.45) is 11.8 Å². The van der Waals surface area contributed by atoms with Gasteiger partial charge in [-0.2, -0.15) is 8.42 Å². The molecule has 7 N–H and O–H groups in total. The van der Waals surface area contributed by atoms with Crippen LogP contribution in [0.25, 0.3) is 0 Å². The van der Waals surface area contributed by atoms with Crippen molar-refractivity contribution >= 4 is 45.4 Å². The number of aryl methyl sites for hydroxylation is 1. The Kier molecular flexibility index (Phi) is 20.9. The lowest BCUT2D eigenvalue weighted by Crippen LogP contribution is -2.60. The van der Waals surface area contributed by atoms with Gasteiger partial charge in [-0.05, 0) is 73.8 Å². The van der Waals surface area contributed by atoms with Crippen LogP contribution in [0, 0.1) is 11.8 Å². The highest BCUT2D eigenvalue weighted by molar-refractivity contribution is 7.86. The lowest BCUT2D eigenvalue weighted by atomic mass is 9.90. The smallest absolute Gasteiger partial charge is 0.297 e. The molecule has 1 unspecified atom stereocenters. The quantitative estimate of drug-likeness (QED) is 0.0421. The van der Waals surface area contributed by atoms with Crippen molar-refractivity contribution in [3.63, 3.8) is 0 Å².